The number of hydrazine groups is 1. The molecule has 0 bridgehead atoms. The molecule has 0 radical (unpaired) electrons. The average molecular weight is 339 g/mol. The third-order valence-corrected chi connectivity index (χ3v) is 3.22. The van der Waals surface area contributed by atoms with E-state index in [1.165, 1.54) is 0 Å². The van der Waals surface area contributed by atoms with Crippen molar-refractivity contribution in [3.63, 3.8) is 0 Å². The molecule has 1 heterocycles. The molecule has 1 aromatic carbocycles. The summed E-state index contributed by atoms with van der Waals surface area (Å²) in [6.45, 7) is 0.350. The van der Waals surface area contributed by atoms with Gasteiger partial charge in [0.15, 0.2) is 0 Å². The van der Waals surface area contributed by atoms with Crippen LogP contribution in [-0.4, -0.2) is 29.0 Å². The highest BCUT2D eigenvalue weighted by Crippen LogP contribution is 2.18. The van der Waals surface area contributed by atoms with Crippen molar-refractivity contribution in [1.29, 1.82) is 0 Å². The first kappa shape index (κ1) is 14.5. The summed E-state index contributed by atoms with van der Waals surface area (Å²) in [7, 11) is 3.65. The molecular formula is C12H15BrN6O. The molecule has 0 amide bonds. The van der Waals surface area contributed by atoms with Gasteiger partial charge in [-0.3, -0.25) is 5.43 Å². The van der Waals surface area contributed by atoms with Crippen molar-refractivity contribution >= 4 is 27.8 Å². The van der Waals surface area contributed by atoms with Gasteiger partial charge in [0.25, 0.3) is 0 Å². The molecule has 0 saturated carbocycles. The van der Waals surface area contributed by atoms with Crippen LogP contribution in [0.15, 0.2) is 28.7 Å². The molecule has 3 N–H and O–H groups in total. The van der Waals surface area contributed by atoms with Crippen molar-refractivity contribution in [1.82, 2.24) is 15.0 Å². The number of aromatic nitrogens is 3. The maximum Gasteiger partial charge on any atom is 0.323 e. The van der Waals surface area contributed by atoms with E-state index in [1.807, 2.05) is 38.4 Å². The van der Waals surface area contributed by atoms with E-state index >= 15 is 0 Å². The lowest BCUT2D eigenvalue weighted by Gasteiger charge is -2.13. The van der Waals surface area contributed by atoms with Crippen LogP contribution in [0.1, 0.15) is 5.56 Å². The summed E-state index contributed by atoms with van der Waals surface area (Å²) in [5.41, 5.74) is 3.40. The Balaban J connectivity index is 2.17. The Hall–Kier alpha value is -1.93. The number of nitrogens with two attached hydrogens (primary N) is 1. The van der Waals surface area contributed by atoms with Gasteiger partial charge in [0, 0.05) is 24.1 Å². The van der Waals surface area contributed by atoms with Gasteiger partial charge in [0.1, 0.15) is 6.61 Å². The molecule has 0 fully saturated rings. The number of nitrogen functional groups attached to an aromatic ring is 1. The Morgan fingerprint density at radius 2 is 2.00 bits per heavy atom. The van der Waals surface area contributed by atoms with Gasteiger partial charge in [-0.15, -0.1) is 0 Å². The van der Waals surface area contributed by atoms with Crippen LogP contribution in [-0.2, 0) is 6.61 Å². The number of nitrogens with one attached hydrogen (secondary N) is 1. The van der Waals surface area contributed by atoms with Crippen LogP contribution in [0, 0.1) is 0 Å². The van der Waals surface area contributed by atoms with Crippen molar-refractivity contribution in [2.24, 2.45) is 5.84 Å². The molecule has 1 aromatic heterocycles. The lowest BCUT2D eigenvalue weighted by atomic mass is 10.2. The molecule has 0 atom stereocenters. The molecule has 106 valence electrons. The summed E-state index contributed by atoms with van der Waals surface area (Å²) in [5.74, 6) is 6.06. The summed E-state index contributed by atoms with van der Waals surface area (Å²) < 4.78 is 6.56. The zero-order valence-corrected chi connectivity index (χ0v) is 12.8. The Labute approximate surface area is 125 Å². The standard InChI is InChI=1S/C12H15BrN6O/c1-19(2)11-15-10(18-14)16-12(17-11)20-7-8-5-3-4-6-9(8)13/h3-6H,7,14H2,1-2H3,(H,15,16,17,18). The Morgan fingerprint density at radius 1 is 1.25 bits per heavy atom. The molecule has 2 rings (SSSR count). The first-order valence-electron chi connectivity index (χ1n) is 5.86. The molecule has 8 heteroatoms. The van der Waals surface area contributed by atoms with Crippen LogP contribution >= 0.6 is 15.9 Å². The van der Waals surface area contributed by atoms with Crippen molar-refractivity contribution < 1.29 is 4.74 Å². The van der Waals surface area contributed by atoms with E-state index in [2.05, 4.69) is 36.3 Å². The number of nitrogens with zero attached hydrogens (tertiary/aromatic N) is 4. The molecule has 0 aliphatic rings. The normalized spacial score (nSPS) is 10.2. The summed E-state index contributed by atoms with van der Waals surface area (Å²) in [6, 6.07) is 8.00. The van der Waals surface area contributed by atoms with Gasteiger partial charge in [0.2, 0.25) is 11.9 Å². The second kappa shape index (κ2) is 6.49. The van der Waals surface area contributed by atoms with E-state index in [0.717, 1.165) is 10.0 Å². The predicted octanol–water partition coefficient (Wildman–Crippen LogP) is 1.56. The predicted molar refractivity (Wildman–Crippen MR) is 80.4 cm³/mol. The molecule has 20 heavy (non-hydrogen) atoms. The molecule has 0 spiro atoms. The molecule has 0 saturated heterocycles. The summed E-state index contributed by atoms with van der Waals surface area (Å²) in [6.07, 6.45) is 0. The van der Waals surface area contributed by atoms with E-state index in [1.54, 1.807) is 4.90 Å². The lowest BCUT2D eigenvalue weighted by molar-refractivity contribution is 0.280. The topological polar surface area (TPSA) is 89.2 Å². The highest BCUT2D eigenvalue weighted by molar-refractivity contribution is 9.10. The fourth-order valence-electron chi connectivity index (χ4n) is 1.43. The molecule has 0 aliphatic heterocycles. The van der Waals surface area contributed by atoms with E-state index in [4.69, 9.17) is 10.6 Å². The van der Waals surface area contributed by atoms with Crippen molar-refractivity contribution in [3.8, 4) is 6.01 Å². The van der Waals surface area contributed by atoms with Crippen LogP contribution in [0.25, 0.3) is 0 Å². The zero-order valence-electron chi connectivity index (χ0n) is 11.2. The minimum Gasteiger partial charge on any atom is -0.458 e. The zero-order chi connectivity index (χ0) is 14.5. The number of hydrogen-bond acceptors (Lipinski definition) is 7. The third kappa shape index (κ3) is 3.55. The fourth-order valence-corrected chi connectivity index (χ4v) is 1.83. The van der Waals surface area contributed by atoms with Crippen LogP contribution < -0.4 is 20.9 Å². The monoisotopic (exact) mass is 338 g/mol. The van der Waals surface area contributed by atoms with Gasteiger partial charge in [-0.05, 0) is 6.07 Å². The Bertz CT molecular complexity index is 592. The molecule has 0 unspecified atom stereocenters. The van der Waals surface area contributed by atoms with Gasteiger partial charge < -0.3 is 9.64 Å². The molecule has 2 aromatic rings. The SMILES string of the molecule is CN(C)c1nc(NN)nc(OCc2ccccc2Br)n1. The summed E-state index contributed by atoms with van der Waals surface area (Å²) >= 11 is 3.46. The number of benzene rings is 1. The first-order valence-corrected chi connectivity index (χ1v) is 6.65. The van der Waals surface area contributed by atoms with Gasteiger partial charge in [-0.1, -0.05) is 34.1 Å². The number of anilines is 2. The number of rotatable bonds is 5. The van der Waals surface area contributed by atoms with Crippen LogP contribution in [0.2, 0.25) is 0 Å². The quantitative estimate of drug-likeness (QED) is 0.631. The largest absolute Gasteiger partial charge is 0.458 e. The van der Waals surface area contributed by atoms with Crippen molar-refractivity contribution in [3.05, 3.63) is 34.3 Å². The van der Waals surface area contributed by atoms with Crippen LogP contribution in [0.5, 0.6) is 6.01 Å². The smallest absolute Gasteiger partial charge is 0.323 e. The Kier molecular flexibility index (Phi) is 4.70. The number of halogens is 1. The van der Waals surface area contributed by atoms with Crippen LogP contribution in [0.3, 0.4) is 0 Å². The highest BCUT2D eigenvalue weighted by Gasteiger charge is 2.09. The molecule has 7 nitrogen and oxygen atoms in total. The fraction of sp³-hybridized carbons (Fsp3) is 0.250. The van der Waals surface area contributed by atoms with Gasteiger partial charge in [0.05, 0.1) is 0 Å². The van der Waals surface area contributed by atoms with E-state index < -0.39 is 0 Å². The molecule has 0 aliphatic carbocycles. The summed E-state index contributed by atoms with van der Waals surface area (Å²) in [4.78, 5) is 14.1. The van der Waals surface area contributed by atoms with Gasteiger partial charge >= 0.3 is 6.01 Å². The second-order valence-corrected chi connectivity index (χ2v) is 5.01. The van der Waals surface area contributed by atoms with Gasteiger partial charge in [-0.2, -0.15) is 15.0 Å². The number of ether oxygens (including phenoxy) is 1. The lowest BCUT2D eigenvalue weighted by Crippen LogP contribution is -2.18. The van der Waals surface area contributed by atoms with Crippen molar-refractivity contribution in [2.75, 3.05) is 24.4 Å². The van der Waals surface area contributed by atoms with E-state index in [0.29, 0.717) is 12.6 Å². The van der Waals surface area contributed by atoms with E-state index in [-0.39, 0.29) is 12.0 Å². The average Bonchev–Trinajstić information content (AvgIpc) is 2.46. The van der Waals surface area contributed by atoms with Gasteiger partial charge in [-0.25, -0.2) is 5.84 Å². The first-order chi connectivity index (χ1) is 9.60. The minimum absolute atomic E-state index is 0.215. The van der Waals surface area contributed by atoms with E-state index in [9.17, 15) is 0 Å². The van der Waals surface area contributed by atoms with Crippen LogP contribution in [0.4, 0.5) is 11.9 Å². The number of hydrogen-bond donors (Lipinski definition) is 2. The second-order valence-electron chi connectivity index (χ2n) is 4.16. The van der Waals surface area contributed by atoms with Crippen molar-refractivity contribution in [2.45, 2.75) is 6.61 Å². The summed E-state index contributed by atoms with van der Waals surface area (Å²) in [5, 5.41) is 0. The third-order valence-electron chi connectivity index (χ3n) is 2.45. The maximum absolute atomic E-state index is 5.59. The molecular weight excluding hydrogens is 324 g/mol. The maximum atomic E-state index is 5.59. The highest BCUT2D eigenvalue weighted by atomic mass is 79.9. The Morgan fingerprint density at radius 3 is 2.65 bits per heavy atom. The minimum atomic E-state index is 0.215.